The number of H-pyrrole nitrogens is 1. The molecule has 0 spiro atoms. The first-order valence-electron chi connectivity index (χ1n) is 9.59. The van der Waals surface area contributed by atoms with E-state index in [-0.39, 0.29) is 5.91 Å². The third-order valence-electron chi connectivity index (χ3n) is 5.68. The number of aromatic nitrogens is 2. The molecule has 1 unspecified atom stereocenters. The molecule has 1 aliphatic heterocycles. The number of fused-ring (bicyclic) bond motifs is 3. The molecule has 6 nitrogen and oxygen atoms in total. The van der Waals surface area contributed by atoms with Crippen LogP contribution in [0.25, 0.3) is 22.5 Å². The molecule has 1 atom stereocenters. The van der Waals surface area contributed by atoms with Gasteiger partial charge in [0.2, 0.25) is 5.91 Å². The lowest BCUT2D eigenvalue weighted by Crippen LogP contribution is -2.44. The van der Waals surface area contributed by atoms with Crippen molar-refractivity contribution in [3.05, 3.63) is 65.2 Å². The minimum Gasteiger partial charge on any atom is -0.379 e. The highest BCUT2D eigenvalue weighted by molar-refractivity contribution is 5.84. The number of nitrogens with one attached hydrogen (secondary N) is 1. The Morgan fingerprint density at radius 1 is 1.14 bits per heavy atom. The van der Waals surface area contributed by atoms with E-state index in [0.29, 0.717) is 26.3 Å². The van der Waals surface area contributed by atoms with Gasteiger partial charge < -0.3 is 10.5 Å². The Hall–Kier alpha value is -2.96. The standard InChI is InChI=1S/C22H22N4O2/c23-22(27)21(26-8-10-28-11-9-26)15-6-7-17-16(12-15)13-18-19(24-25-20(17)18)14-4-2-1-3-5-14/h1-7,12,21H,8-11,13H2,(H2,23,27)(H,24,25). The Morgan fingerprint density at radius 2 is 1.93 bits per heavy atom. The van der Waals surface area contributed by atoms with Gasteiger partial charge in [0.05, 0.1) is 24.6 Å². The van der Waals surface area contributed by atoms with Gasteiger partial charge in [-0.3, -0.25) is 14.8 Å². The second-order valence-electron chi connectivity index (χ2n) is 7.34. The number of ether oxygens (including phenoxy) is 1. The van der Waals surface area contributed by atoms with Gasteiger partial charge in [0, 0.05) is 36.2 Å². The number of benzene rings is 2. The maximum atomic E-state index is 12.2. The zero-order chi connectivity index (χ0) is 19.1. The van der Waals surface area contributed by atoms with Gasteiger partial charge in [-0.15, -0.1) is 0 Å². The van der Waals surface area contributed by atoms with E-state index < -0.39 is 6.04 Å². The van der Waals surface area contributed by atoms with Crippen molar-refractivity contribution in [2.24, 2.45) is 5.73 Å². The molecule has 0 radical (unpaired) electrons. The summed E-state index contributed by atoms with van der Waals surface area (Å²) in [5.41, 5.74) is 13.5. The predicted molar refractivity (Wildman–Crippen MR) is 107 cm³/mol. The number of aromatic amines is 1. The third-order valence-corrected chi connectivity index (χ3v) is 5.68. The quantitative estimate of drug-likeness (QED) is 0.575. The summed E-state index contributed by atoms with van der Waals surface area (Å²) in [6, 6.07) is 16.0. The van der Waals surface area contributed by atoms with Crippen molar-refractivity contribution in [2.45, 2.75) is 12.5 Å². The van der Waals surface area contributed by atoms with E-state index in [1.54, 1.807) is 0 Å². The topological polar surface area (TPSA) is 84.2 Å². The van der Waals surface area contributed by atoms with Crippen LogP contribution in [0.15, 0.2) is 48.5 Å². The Labute approximate surface area is 163 Å². The smallest absolute Gasteiger partial charge is 0.239 e. The van der Waals surface area contributed by atoms with E-state index in [1.165, 1.54) is 11.1 Å². The van der Waals surface area contributed by atoms with Crippen molar-refractivity contribution < 1.29 is 9.53 Å². The fraction of sp³-hybridized carbons (Fsp3) is 0.273. The number of hydrogen-bond acceptors (Lipinski definition) is 4. The van der Waals surface area contributed by atoms with Gasteiger partial charge in [-0.05, 0) is 11.1 Å². The molecule has 1 aliphatic carbocycles. The Morgan fingerprint density at radius 3 is 2.68 bits per heavy atom. The largest absolute Gasteiger partial charge is 0.379 e. The van der Waals surface area contributed by atoms with Crippen molar-refractivity contribution in [1.82, 2.24) is 15.1 Å². The molecule has 1 aromatic heterocycles. The Bertz CT molecular complexity index is 1020. The van der Waals surface area contributed by atoms with E-state index in [2.05, 4.69) is 39.4 Å². The number of nitrogens with zero attached hydrogens (tertiary/aromatic N) is 2. The monoisotopic (exact) mass is 374 g/mol. The number of carbonyl (C=O) groups is 1. The van der Waals surface area contributed by atoms with E-state index in [1.807, 2.05) is 24.3 Å². The summed E-state index contributed by atoms with van der Waals surface area (Å²) in [6.45, 7) is 2.69. The molecule has 142 valence electrons. The van der Waals surface area contributed by atoms with Gasteiger partial charge in [-0.25, -0.2) is 0 Å². The van der Waals surface area contributed by atoms with Crippen molar-refractivity contribution in [1.29, 1.82) is 0 Å². The normalized spacial score (nSPS) is 17.1. The highest BCUT2D eigenvalue weighted by atomic mass is 16.5. The summed E-state index contributed by atoms with van der Waals surface area (Å²) in [7, 11) is 0. The van der Waals surface area contributed by atoms with Gasteiger partial charge in [-0.2, -0.15) is 5.10 Å². The number of morpholine rings is 1. The van der Waals surface area contributed by atoms with Crippen molar-refractivity contribution >= 4 is 5.91 Å². The van der Waals surface area contributed by atoms with Crippen LogP contribution in [0.3, 0.4) is 0 Å². The van der Waals surface area contributed by atoms with Crippen molar-refractivity contribution in [3.8, 4) is 22.5 Å². The molecule has 1 saturated heterocycles. The first kappa shape index (κ1) is 17.2. The zero-order valence-corrected chi connectivity index (χ0v) is 15.5. The van der Waals surface area contributed by atoms with Gasteiger partial charge >= 0.3 is 0 Å². The summed E-state index contributed by atoms with van der Waals surface area (Å²) in [6.07, 6.45) is 0.799. The van der Waals surface area contributed by atoms with E-state index >= 15 is 0 Å². The lowest BCUT2D eigenvalue weighted by atomic mass is 9.98. The molecule has 0 bridgehead atoms. The minimum absolute atomic E-state index is 0.315. The maximum Gasteiger partial charge on any atom is 0.239 e. The number of amides is 1. The van der Waals surface area contributed by atoms with Crippen LogP contribution in [0, 0.1) is 0 Å². The van der Waals surface area contributed by atoms with Gasteiger partial charge in [0.25, 0.3) is 0 Å². The number of hydrogen-bond donors (Lipinski definition) is 2. The molecule has 28 heavy (non-hydrogen) atoms. The predicted octanol–water partition coefficient (Wildman–Crippen LogP) is 2.51. The van der Waals surface area contributed by atoms with Crippen LogP contribution >= 0.6 is 0 Å². The molecule has 5 rings (SSSR count). The fourth-order valence-corrected chi connectivity index (χ4v) is 4.35. The lowest BCUT2D eigenvalue weighted by molar-refractivity contribution is -0.125. The minimum atomic E-state index is -0.417. The molecule has 3 aromatic rings. The molecule has 1 fully saturated rings. The molecule has 2 heterocycles. The third kappa shape index (κ3) is 2.82. The van der Waals surface area contributed by atoms with Crippen LogP contribution in [-0.4, -0.2) is 47.3 Å². The van der Waals surface area contributed by atoms with Gasteiger partial charge in [0.15, 0.2) is 0 Å². The summed E-state index contributed by atoms with van der Waals surface area (Å²) < 4.78 is 5.42. The van der Waals surface area contributed by atoms with Crippen molar-refractivity contribution in [3.63, 3.8) is 0 Å². The number of carbonyl (C=O) groups excluding carboxylic acids is 1. The fourth-order valence-electron chi connectivity index (χ4n) is 4.35. The molecule has 3 N–H and O–H groups in total. The van der Waals surface area contributed by atoms with Crippen LogP contribution in [0.4, 0.5) is 0 Å². The van der Waals surface area contributed by atoms with Crippen LogP contribution in [0.1, 0.15) is 22.7 Å². The summed E-state index contributed by atoms with van der Waals surface area (Å²) in [4.78, 5) is 14.3. The maximum absolute atomic E-state index is 12.2. The summed E-state index contributed by atoms with van der Waals surface area (Å²) in [5.74, 6) is -0.315. The van der Waals surface area contributed by atoms with Gasteiger partial charge in [-0.1, -0.05) is 48.5 Å². The summed E-state index contributed by atoms with van der Waals surface area (Å²) >= 11 is 0. The van der Waals surface area contributed by atoms with E-state index in [0.717, 1.165) is 34.5 Å². The van der Waals surface area contributed by atoms with Crippen LogP contribution in [-0.2, 0) is 16.0 Å². The number of primary amides is 1. The zero-order valence-electron chi connectivity index (χ0n) is 15.5. The second-order valence-corrected chi connectivity index (χ2v) is 7.34. The average molecular weight is 374 g/mol. The number of nitrogens with two attached hydrogens (primary N) is 1. The lowest BCUT2D eigenvalue weighted by Gasteiger charge is -2.33. The Kier molecular flexibility index (Phi) is 4.22. The molecule has 6 heteroatoms. The summed E-state index contributed by atoms with van der Waals surface area (Å²) in [5, 5.41) is 7.75. The SMILES string of the molecule is NC(=O)C(c1ccc2c(c1)Cc1c(-c3ccccc3)n[nH]c1-2)N1CCOCC1. The molecular weight excluding hydrogens is 352 g/mol. The highest BCUT2D eigenvalue weighted by Gasteiger charge is 2.30. The molecule has 1 amide bonds. The van der Waals surface area contributed by atoms with Crippen LogP contribution < -0.4 is 5.73 Å². The van der Waals surface area contributed by atoms with E-state index in [4.69, 9.17) is 10.5 Å². The average Bonchev–Trinajstić information content (AvgIpc) is 3.28. The molecular formula is C22H22N4O2. The first-order chi connectivity index (χ1) is 13.7. The van der Waals surface area contributed by atoms with Crippen LogP contribution in [0.2, 0.25) is 0 Å². The molecule has 0 saturated carbocycles. The second kappa shape index (κ2) is 6.89. The van der Waals surface area contributed by atoms with E-state index in [9.17, 15) is 4.79 Å². The Balaban J connectivity index is 1.49. The molecule has 2 aromatic carbocycles. The molecule has 2 aliphatic rings. The highest BCUT2D eigenvalue weighted by Crippen LogP contribution is 2.41. The van der Waals surface area contributed by atoms with Gasteiger partial charge in [0.1, 0.15) is 6.04 Å². The first-order valence-corrected chi connectivity index (χ1v) is 9.59. The number of rotatable bonds is 4. The van der Waals surface area contributed by atoms with Crippen molar-refractivity contribution in [2.75, 3.05) is 26.3 Å². The van der Waals surface area contributed by atoms with Crippen LogP contribution in [0.5, 0.6) is 0 Å².